The zero-order chi connectivity index (χ0) is 19.7. The number of guanidine groups is 1. The van der Waals surface area contributed by atoms with Gasteiger partial charge >= 0.3 is 0 Å². The van der Waals surface area contributed by atoms with Crippen molar-refractivity contribution in [2.75, 3.05) is 45.6 Å². The Morgan fingerprint density at radius 1 is 1.21 bits per heavy atom. The summed E-state index contributed by atoms with van der Waals surface area (Å²) in [5, 5.41) is 7.14. The maximum Gasteiger partial charge on any atom is 0.191 e. The number of nitrogens with one attached hydrogen (secondary N) is 2. The lowest BCUT2D eigenvalue weighted by atomic mass is 9.99. The van der Waals surface area contributed by atoms with E-state index in [9.17, 15) is 0 Å². The molecule has 0 aliphatic carbocycles. The largest absolute Gasteiger partial charge is 0.381 e. The molecule has 0 aromatic heterocycles. The Labute approximate surface area is 197 Å². The molecule has 7 heteroatoms. The Morgan fingerprint density at radius 3 is 2.52 bits per heavy atom. The number of nitrogens with zero attached hydrogens (tertiary/aromatic N) is 2. The summed E-state index contributed by atoms with van der Waals surface area (Å²) < 4.78 is 5.79. The van der Waals surface area contributed by atoms with E-state index in [4.69, 9.17) is 9.73 Å². The fourth-order valence-corrected chi connectivity index (χ4v) is 4.75. The van der Waals surface area contributed by atoms with Crippen LogP contribution in [0.3, 0.4) is 0 Å². The van der Waals surface area contributed by atoms with Crippen LogP contribution >= 0.6 is 35.7 Å². The van der Waals surface area contributed by atoms with Crippen LogP contribution < -0.4 is 10.6 Å². The highest BCUT2D eigenvalue weighted by molar-refractivity contribution is 14.0. The van der Waals surface area contributed by atoms with Crippen LogP contribution in [0.2, 0.25) is 0 Å². The van der Waals surface area contributed by atoms with E-state index in [0.29, 0.717) is 6.04 Å². The van der Waals surface area contributed by atoms with Crippen molar-refractivity contribution in [3.8, 4) is 0 Å². The molecule has 0 bridgehead atoms. The second-order valence-corrected chi connectivity index (χ2v) is 9.15. The summed E-state index contributed by atoms with van der Waals surface area (Å²) in [5.74, 6) is 0.976. The van der Waals surface area contributed by atoms with Gasteiger partial charge < -0.3 is 15.4 Å². The number of thioether (sulfide) groups is 1. The van der Waals surface area contributed by atoms with E-state index in [1.165, 1.54) is 18.4 Å². The van der Waals surface area contributed by atoms with E-state index in [1.807, 2.05) is 11.8 Å². The third-order valence-electron chi connectivity index (χ3n) is 5.88. The van der Waals surface area contributed by atoms with Crippen molar-refractivity contribution in [1.29, 1.82) is 0 Å². The van der Waals surface area contributed by atoms with Crippen LogP contribution in [0.5, 0.6) is 0 Å². The summed E-state index contributed by atoms with van der Waals surface area (Å²) in [6, 6.07) is 11.3. The standard InChI is InChI=1S/C22H36N4OS.HI/c1-3-23-21(24-18-22(28-2)11-15-27-16-12-22)25-20-9-13-26(14-10-20)17-19-7-5-4-6-8-19;/h4-8,20H,3,9-18H2,1-2H3,(H2,23,24,25);1H. The first-order chi connectivity index (χ1) is 13.7. The van der Waals surface area contributed by atoms with Crippen molar-refractivity contribution in [2.24, 2.45) is 4.99 Å². The first-order valence-electron chi connectivity index (χ1n) is 10.7. The molecule has 0 atom stereocenters. The highest BCUT2D eigenvalue weighted by atomic mass is 127. The molecule has 0 unspecified atom stereocenters. The molecule has 5 nitrogen and oxygen atoms in total. The molecular formula is C22H37IN4OS. The molecule has 2 N–H and O–H groups in total. The van der Waals surface area contributed by atoms with Gasteiger partial charge in [-0.3, -0.25) is 9.89 Å². The van der Waals surface area contributed by atoms with Crippen LogP contribution in [0.15, 0.2) is 35.3 Å². The number of benzene rings is 1. The molecule has 2 aliphatic heterocycles. The second kappa shape index (κ2) is 13.0. The van der Waals surface area contributed by atoms with Gasteiger partial charge in [0, 0.05) is 50.2 Å². The number of halogens is 1. The van der Waals surface area contributed by atoms with Gasteiger partial charge in [0.1, 0.15) is 0 Å². The average molecular weight is 533 g/mol. The number of rotatable bonds is 7. The first kappa shape index (κ1) is 24.8. The van der Waals surface area contributed by atoms with Crippen LogP contribution in [-0.2, 0) is 11.3 Å². The molecule has 29 heavy (non-hydrogen) atoms. The number of aliphatic imine (C=N–C) groups is 1. The predicted molar refractivity (Wildman–Crippen MR) is 136 cm³/mol. The van der Waals surface area contributed by atoms with Crippen LogP contribution in [0.25, 0.3) is 0 Å². The number of ether oxygens (including phenoxy) is 1. The summed E-state index contributed by atoms with van der Waals surface area (Å²) in [5.41, 5.74) is 1.41. The fourth-order valence-electron chi connectivity index (χ4n) is 3.98. The number of hydrogen-bond acceptors (Lipinski definition) is 4. The predicted octanol–water partition coefficient (Wildman–Crippen LogP) is 3.74. The van der Waals surface area contributed by atoms with Gasteiger partial charge in [0.05, 0.1) is 6.54 Å². The monoisotopic (exact) mass is 532 g/mol. The SMILES string of the molecule is CCNC(=NCC1(SC)CCOCC1)NC1CCN(Cc2ccccc2)CC1.I. The third-order valence-corrected chi connectivity index (χ3v) is 7.29. The lowest BCUT2D eigenvalue weighted by Gasteiger charge is -2.35. The topological polar surface area (TPSA) is 48.9 Å². The van der Waals surface area contributed by atoms with Gasteiger partial charge in [-0.2, -0.15) is 11.8 Å². The van der Waals surface area contributed by atoms with Crippen LogP contribution in [0, 0.1) is 0 Å². The zero-order valence-corrected chi connectivity index (χ0v) is 21.0. The molecule has 1 aromatic carbocycles. The Morgan fingerprint density at radius 2 is 1.90 bits per heavy atom. The Bertz CT molecular complexity index is 602. The van der Waals surface area contributed by atoms with Gasteiger partial charge in [-0.15, -0.1) is 24.0 Å². The van der Waals surface area contributed by atoms with Gasteiger partial charge in [-0.25, -0.2) is 0 Å². The van der Waals surface area contributed by atoms with Crippen LogP contribution in [0.1, 0.15) is 38.2 Å². The van der Waals surface area contributed by atoms with E-state index in [0.717, 1.165) is 64.7 Å². The van der Waals surface area contributed by atoms with Gasteiger partial charge in [0.15, 0.2) is 5.96 Å². The Hall–Kier alpha value is -0.510. The average Bonchev–Trinajstić information content (AvgIpc) is 2.75. The molecule has 2 saturated heterocycles. The van der Waals surface area contributed by atoms with Gasteiger partial charge in [-0.05, 0) is 44.4 Å². The molecular weight excluding hydrogens is 495 g/mol. The molecule has 164 valence electrons. The van der Waals surface area contributed by atoms with E-state index in [2.05, 4.69) is 59.0 Å². The van der Waals surface area contributed by atoms with Crippen LogP contribution in [-0.4, -0.2) is 67.3 Å². The lowest BCUT2D eigenvalue weighted by molar-refractivity contribution is 0.0794. The summed E-state index contributed by atoms with van der Waals surface area (Å²) >= 11 is 1.95. The maximum atomic E-state index is 5.56. The smallest absolute Gasteiger partial charge is 0.191 e. The molecule has 3 rings (SSSR count). The lowest BCUT2D eigenvalue weighted by Crippen LogP contribution is -2.49. The van der Waals surface area contributed by atoms with E-state index in [-0.39, 0.29) is 28.7 Å². The normalized spacial score (nSPS) is 20.7. The molecule has 0 spiro atoms. The Balaban J connectivity index is 0.00000300. The second-order valence-electron chi connectivity index (χ2n) is 7.88. The van der Waals surface area contributed by atoms with Gasteiger partial charge in [0.25, 0.3) is 0 Å². The molecule has 0 saturated carbocycles. The molecule has 2 fully saturated rings. The highest BCUT2D eigenvalue weighted by Crippen LogP contribution is 2.34. The van der Waals surface area contributed by atoms with Gasteiger partial charge in [0.2, 0.25) is 0 Å². The molecule has 2 heterocycles. The molecule has 2 aliphatic rings. The minimum atomic E-state index is 0. The Kier molecular flexibility index (Phi) is 11.1. The van der Waals surface area contributed by atoms with E-state index in [1.54, 1.807) is 0 Å². The van der Waals surface area contributed by atoms with Crippen molar-refractivity contribution < 1.29 is 4.74 Å². The summed E-state index contributed by atoms with van der Waals surface area (Å²) in [6.45, 7) is 8.95. The molecule has 0 radical (unpaired) electrons. The van der Waals surface area contributed by atoms with Gasteiger partial charge in [-0.1, -0.05) is 30.3 Å². The first-order valence-corrected chi connectivity index (χ1v) is 11.9. The van der Waals surface area contributed by atoms with Crippen molar-refractivity contribution in [2.45, 2.75) is 49.9 Å². The van der Waals surface area contributed by atoms with Crippen molar-refractivity contribution >= 4 is 41.7 Å². The van der Waals surface area contributed by atoms with E-state index < -0.39 is 0 Å². The minimum Gasteiger partial charge on any atom is -0.381 e. The fraction of sp³-hybridized carbons (Fsp3) is 0.682. The zero-order valence-electron chi connectivity index (χ0n) is 17.9. The summed E-state index contributed by atoms with van der Waals surface area (Å²) in [4.78, 5) is 7.52. The van der Waals surface area contributed by atoms with Crippen molar-refractivity contribution in [1.82, 2.24) is 15.5 Å². The van der Waals surface area contributed by atoms with Crippen molar-refractivity contribution in [3.63, 3.8) is 0 Å². The maximum absolute atomic E-state index is 5.56. The number of hydrogen-bond donors (Lipinski definition) is 2. The van der Waals surface area contributed by atoms with Crippen LogP contribution in [0.4, 0.5) is 0 Å². The van der Waals surface area contributed by atoms with E-state index >= 15 is 0 Å². The van der Waals surface area contributed by atoms with Crippen molar-refractivity contribution in [3.05, 3.63) is 35.9 Å². The number of likely N-dealkylation sites (tertiary alicyclic amines) is 1. The molecule has 0 amide bonds. The number of piperidine rings is 1. The third kappa shape index (κ3) is 7.92. The highest BCUT2D eigenvalue weighted by Gasteiger charge is 2.31. The molecule has 1 aromatic rings. The minimum absolute atomic E-state index is 0. The summed E-state index contributed by atoms with van der Waals surface area (Å²) in [6.07, 6.45) is 6.73. The summed E-state index contributed by atoms with van der Waals surface area (Å²) in [7, 11) is 0. The quantitative estimate of drug-likeness (QED) is 0.319.